The second kappa shape index (κ2) is 9.48. The van der Waals surface area contributed by atoms with Crippen molar-refractivity contribution in [2.24, 2.45) is 5.73 Å². The van der Waals surface area contributed by atoms with Gasteiger partial charge >= 0.3 is 0 Å². The van der Waals surface area contributed by atoms with Crippen molar-refractivity contribution in [2.45, 2.75) is 25.7 Å². The van der Waals surface area contributed by atoms with Crippen molar-refractivity contribution in [1.82, 2.24) is 0 Å². The highest BCUT2D eigenvalue weighted by atomic mass is 16.3. The van der Waals surface area contributed by atoms with Gasteiger partial charge in [-0.2, -0.15) is 0 Å². The Morgan fingerprint density at radius 2 is 1.50 bits per heavy atom. The van der Waals surface area contributed by atoms with Gasteiger partial charge in [-0.1, -0.05) is 18.2 Å². The lowest BCUT2D eigenvalue weighted by molar-refractivity contribution is -0.116. The highest BCUT2D eigenvalue weighted by Crippen LogP contribution is 2.18. The van der Waals surface area contributed by atoms with Gasteiger partial charge in [-0.05, 0) is 43.2 Å². The zero-order chi connectivity index (χ0) is 18.9. The molecule has 0 heterocycles. The minimum Gasteiger partial charge on any atom is -0.508 e. The molecule has 6 heteroatoms. The quantitative estimate of drug-likeness (QED) is 0.474. The monoisotopic (exact) mass is 354 g/mol. The number of hydrogen-bond donors (Lipinski definition) is 3. The Balaban J connectivity index is 1.81. The lowest BCUT2D eigenvalue weighted by Gasteiger charge is -2.06. The summed E-state index contributed by atoms with van der Waals surface area (Å²) in [5.74, 6) is -0.769. The minimum atomic E-state index is -0.340. The van der Waals surface area contributed by atoms with Crippen LogP contribution in [0.5, 0.6) is 5.75 Å². The molecule has 0 aliphatic heterocycles. The second-order valence-electron chi connectivity index (χ2n) is 5.94. The first kappa shape index (κ1) is 19.3. The molecule has 0 fully saturated rings. The normalized spacial score (nSPS) is 10.3. The first-order valence-electron chi connectivity index (χ1n) is 8.45. The SMILES string of the molecule is NCC(=O)c1cc(O)cc(C(=O)CCCCC(=O)Nc2ccccc2)c1. The smallest absolute Gasteiger partial charge is 0.224 e. The van der Waals surface area contributed by atoms with Crippen molar-refractivity contribution < 1.29 is 19.5 Å². The predicted molar refractivity (Wildman–Crippen MR) is 99.4 cm³/mol. The van der Waals surface area contributed by atoms with Gasteiger partial charge in [0.25, 0.3) is 0 Å². The van der Waals surface area contributed by atoms with Crippen LogP contribution in [-0.4, -0.2) is 29.1 Å². The summed E-state index contributed by atoms with van der Waals surface area (Å²) in [6.45, 7) is -0.187. The number of aromatic hydroxyl groups is 1. The zero-order valence-electron chi connectivity index (χ0n) is 14.4. The summed E-state index contributed by atoms with van der Waals surface area (Å²) in [5, 5.41) is 12.5. The molecule has 0 radical (unpaired) electrons. The van der Waals surface area contributed by atoms with Crippen LogP contribution in [0, 0.1) is 0 Å². The van der Waals surface area contributed by atoms with E-state index >= 15 is 0 Å². The van der Waals surface area contributed by atoms with Crippen LogP contribution in [0.15, 0.2) is 48.5 Å². The Morgan fingerprint density at radius 1 is 0.885 bits per heavy atom. The van der Waals surface area contributed by atoms with E-state index < -0.39 is 0 Å². The molecule has 0 atom stereocenters. The molecule has 1 amide bonds. The molecule has 0 unspecified atom stereocenters. The Labute approximate surface area is 152 Å². The number of benzene rings is 2. The third-order valence-corrected chi connectivity index (χ3v) is 3.86. The number of Topliss-reactive ketones (excluding diaryl/α,β-unsaturated/α-hetero) is 2. The maximum Gasteiger partial charge on any atom is 0.224 e. The van der Waals surface area contributed by atoms with Gasteiger partial charge in [-0.15, -0.1) is 0 Å². The van der Waals surface area contributed by atoms with Crippen LogP contribution in [0.1, 0.15) is 46.4 Å². The largest absolute Gasteiger partial charge is 0.508 e. The number of carbonyl (C=O) groups is 3. The number of hydrogen-bond acceptors (Lipinski definition) is 5. The molecule has 0 aliphatic carbocycles. The average Bonchev–Trinajstić information content (AvgIpc) is 2.64. The van der Waals surface area contributed by atoms with Gasteiger partial charge in [0.15, 0.2) is 11.6 Å². The molecular weight excluding hydrogens is 332 g/mol. The van der Waals surface area contributed by atoms with E-state index in [4.69, 9.17) is 5.73 Å². The van der Waals surface area contributed by atoms with Crippen molar-refractivity contribution in [3.63, 3.8) is 0 Å². The predicted octanol–water partition coefficient (Wildman–Crippen LogP) is 2.92. The molecule has 2 aromatic rings. The van der Waals surface area contributed by atoms with E-state index in [1.54, 1.807) is 0 Å². The summed E-state index contributed by atoms with van der Waals surface area (Å²) < 4.78 is 0. The molecule has 4 N–H and O–H groups in total. The maximum atomic E-state index is 12.2. The number of rotatable bonds is 9. The summed E-state index contributed by atoms with van der Waals surface area (Å²) >= 11 is 0. The number of nitrogens with two attached hydrogens (primary N) is 1. The van der Waals surface area contributed by atoms with Crippen LogP contribution in [-0.2, 0) is 4.79 Å². The number of nitrogens with one attached hydrogen (secondary N) is 1. The van der Waals surface area contributed by atoms with E-state index in [-0.39, 0.29) is 47.3 Å². The molecule has 0 saturated heterocycles. The summed E-state index contributed by atoms with van der Waals surface area (Å²) in [7, 11) is 0. The molecule has 0 aliphatic rings. The fourth-order valence-electron chi connectivity index (χ4n) is 2.51. The van der Waals surface area contributed by atoms with E-state index in [9.17, 15) is 19.5 Å². The van der Waals surface area contributed by atoms with Crippen molar-refractivity contribution in [3.8, 4) is 5.75 Å². The third kappa shape index (κ3) is 5.82. The van der Waals surface area contributed by atoms with E-state index in [2.05, 4.69) is 5.32 Å². The summed E-state index contributed by atoms with van der Waals surface area (Å²) in [5.41, 5.74) is 6.54. The number of amides is 1. The number of anilines is 1. The van der Waals surface area contributed by atoms with Crippen LogP contribution in [0.25, 0.3) is 0 Å². The van der Waals surface area contributed by atoms with E-state index in [1.807, 2.05) is 30.3 Å². The first-order chi connectivity index (χ1) is 12.5. The standard InChI is InChI=1S/C20H22N2O4/c21-13-19(25)15-10-14(11-17(23)12-15)18(24)8-4-5-9-20(26)22-16-6-2-1-3-7-16/h1-3,6-7,10-12,23H,4-5,8-9,13,21H2,(H,22,26). The van der Waals surface area contributed by atoms with Gasteiger partial charge in [-0.3, -0.25) is 14.4 Å². The van der Waals surface area contributed by atoms with Crippen molar-refractivity contribution >= 4 is 23.2 Å². The van der Waals surface area contributed by atoms with Gasteiger partial charge in [0.1, 0.15) is 5.75 Å². The minimum absolute atomic E-state index is 0.100. The highest BCUT2D eigenvalue weighted by molar-refractivity contribution is 6.02. The van der Waals surface area contributed by atoms with Gasteiger partial charge in [-0.25, -0.2) is 0 Å². The fraction of sp³-hybridized carbons (Fsp3) is 0.250. The average molecular weight is 354 g/mol. The maximum absolute atomic E-state index is 12.2. The second-order valence-corrected chi connectivity index (χ2v) is 5.94. The van der Waals surface area contributed by atoms with Crippen LogP contribution in [0.4, 0.5) is 5.69 Å². The van der Waals surface area contributed by atoms with Crippen molar-refractivity contribution in [1.29, 1.82) is 0 Å². The summed E-state index contributed by atoms with van der Waals surface area (Å²) in [6, 6.07) is 13.2. The molecule has 2 rings (SSSR count). The van der Waals surface area contributed by atoms with Crippen LogP contribution >= 0.6 is 0 Å². The Hall–Kier alpha value is -2.99. The Bertz CT molecular complexity index is 788. The van der Waals surface area contributed by atoms with E-state index in [1.165, 1.54) is 18.2 Å². The fourth-order valence-corrected chi connectivity index (χ4v) is 2.51. The van der Waals surface area contributed by atoms with Crippen LogP contribution < -0.4 is 11.1 Å². The zero-order valence-corrected chi connectivity index (χ0v) is 14.4. The lowest BCUT2D eigenvalue weighted by Crippen LogP contribution is -2.14. The number of carbonyl (C=O) groups excluding carboxylic acids is 3. The molecule has 0 saturated carbocycles. The van der Waals surface area contributed by atoms with Crippen LogP contribution in [0.2, 0.25) is 0 Å². The van der Waals surface area contributed by atoms with E-state index in [0.29, 0.717) is 19.3 Å². The molecule has 0 aromatic heterocycles. The molecule has 2 aromatic carbocycles. The number of phenols is 1. The molecule has 26 heavy (non-hydrogen) atoms. The highest BCUT2D eigenvalue weighted by Gasteiger charge is 2.12. The molecule has 0 bridgehead atoms. The number of phenolic OH excluding ortho intramolecular Hbond substituents is 1. The Kier molecular flexibility index (Phi) is 7.05. The van der Waals surface area contributed by atoms with Gasteiger partial charge in [0, 0.05) is 29.7 Å². The molecule has 136 valence electrons. The van der Waals surface area contributed by atoms with Gasteiger partial charge in [0.05, 0.1) is 6.54 Å². The Morgan fingerprint density at radius 3 is 2.15 bits per heavy atom. The first-order valence-corrected chi connectivity index (χ1v) is 8.45. The summed E-state index contributed by atoms with van der Waals surface area (Å²) in [4.78, 5) is 35.7. The van der Waals surface area contributed by atoms with Crippen molar-refractivity contribution in [2.75, 3.05) is 11.9 Å². The van der Waals surface area contributed by atoms with Crippen molar-refractivity contribution in [3.05, 3.63) is 59.7 Å². The van der Waals surface area contributed by atoms with Crippen LogP contribution in [0.3, 0.4) is 0 Å². The molecule has 0 spiro atoms. The summed E-state index contributed by atoms with van der Waals surface area (Å²) in [6.07, 6.45) is 1.66. The van der Waals surface area contributed by atoms with Gasteiger partial charge < -0.3 is 16.2 Å². The third-order valence-electron chi connectivity index (χ3n) is 3.86. The number of ketones is 2. The lowest BCUT2D eigenvalue weighted by atomic mass is 10.0. The molecular formula is C20H22N2O4. The molecule has 6 nitrogen and oxygen atoms in total. The van der Waals surface area contributed by atoms with Gasteiger partial charge in [0.2, 0.25) is 5.91 Å². The van der Waals surface area contributed by atoms with E-state index in [0.717, 1.165) is 5.69 Å². The number of unbranched alkanes of at least 4 members (excludes halogenated alkanes) is 1. The topological polar surface area (TPSA) is 109 Å². The number of para-hydroxylation sites is 1.